The number of hydrogen-bond acceptors (Lipinski definition) is 4. The van der Waals surface area contributed by atoms with Crippen LogP contribution in [-0.4, -0.2) is 18.0 Å². The van der Waals surface area contributed by atoms with Gasteiger partial charge in [0.05, 0.1) is 19.0 Å². The van der Waals surface area contributed by atoms with Crippen molar-refractivity contribution in [2.24, 2.45) is 0 Å². The van der Waals surface area contributed by atoms with E-state index in [1.807, 2.05) is 18.2 Å². The molecule has 0 aliphatic heterocycles. The molecule has 1 amide bonds. The van der Waals surface area contributed by atoms with Gasteiger partial charge in [-0.25, -0.2) is 4.98 Å². The van der Waals surface area contributed by atoms with Gasteiger partial charge in [-0.15, -0.1) is 0 Å². The van der Waals surface area contributed by atoms with E-state index in [9.17, 15) is 4.79 Å². The minimum atomic E-state index is -0.230. The van der Waals surface area contributed by atoms with Crippen LogP contribution in [-0.2, 0) is 0 Å². The lowest BCUT2D eigenvalue weighted by Crippen LogP contribution is -2.12. The van der Waals surface area contributed by atoms with Crippen molar-refractivity contribution in [2.75, 3.05) is 17.7 Å². The number of ether oxygens (including phenoxy) is 1. The van der Waals surface area contributed by atoms with Crippen LogP contribution in [0.15, 0.2) is 66.9 Å². The second-order valence-corrected chi connectivity index (χ2v) is 6.52. The van der Waals surface area contributed by atoms with Crippen LogP contribution in [0.25, 0.3) is 0 Å². The maximum absolute atomic E-state index is 12.3. The van der Waals surface area contributed by atoms with Crippen molar-refractivity contribution in [1.82, 2.24) is 4.98 Å². The quantitative estimate of drug-likeness (QED) is 0.633. The monoisotopic (exact) mass is 361 g/mol. The van der Waals surface area contributed by atoms with Crippen LogP contribution >= 0.6 is 0 Å². The predicted octanol–water partition coefficient (Wildman–Crippen LogP) is 5.21. The highest BCUT2D eigenvalue weighted by atomic mass is 16.5. The van der Waals surface area contributed by atoms with Crippen LogP contribution in [0.2, 0.25) is 0 Å². The summed E-state index contributed by atoms with van der Waals surface area (Å²) in [4.78, 5) is 16.6. The van der Waals surface area contributed by atoms with Crippen LogP contribution in [0.4, 0.5) is 17.2 Å². The molecule has 5 nitrogen and oxygen atoms in total. The Balaban J connectivity index is 1.63. The summed E-state index contributed by atoms with van der Waals surface area (Å²) < 4.78 is 5.14. The first-order valence-electron chi connectivity index (χ1n) is 8.83. The predicted molar refractivity (Wildman–Crippen MR) is 109 cm³/mol. The fourth-order valence-electron chi connectivity index (χ4n) is 2.61. The van der Waals surface area contributed by atoms with Crippen LogP contribution < -0.4 is 15.4 Å². The van der Waals surface area contributed by atoms with Crippen LogP contribution in [0.1, 0.15) is 35.7 Å². The Morgan fingerprint density at radius 3 is 2.37 bits per heavy atom. The SMILES string of the molecule is COc1cccc(C(=O)Nc2ccc(Nc3ccc(C(C)C)cc3)cn2)c1. The van der Waals surface area contributed by atoms with Gasteiger partial charge in [0, 0.05) is 11.3 Å². The molecule has 0 atom stereocenters. The fraction of sp³-hybridized carbons (Fsp3) is 0.182. The third kappa shape index (κ3) is 4.85. The lowest BCUT2D eigenvalue weighted by atomic mass is 10.0. The molecule has 27 heavy (non-hydrogen) atoms. The molecule has 0 radical (unpaired) electrons. The fourth-order valence-corrected chi connectivity index (χ4v) is 2.61. The van der Waals surface area contributed by atoms with E-state index >= 15 is 0 Å². The molecular weight excluding hydrogens is 338 g/mol. The van der Waals surface area contributed by atoms with Crippen LogP contribution in [0.3, 0.4) is 0 Å². The molecule has 0 saturated heterocycles. The number of anilines is 3. The molecule has 0 spiro atoms. The van der Waals surface area contributed by atoms with Crippen molar-refractivity contribution in [3.63, 3.8) is 0 Å². The van der Waals surface area contributed by atoms with Gasteiger partial charge in [0.1, 0.15) is 11.6 Å². The smallest absolute Gasteiger partial charge is 0.256 e. The summed E-state index contributed by atoms with van der Waals surface area (Å²) in [6.07, 6.45) is 1.69. The van der Waals surface area contributed by atoms with Gasteiger partial charge in [0.15, 0.2) is 0 Å². The van der Waals surface area contributed by atoms with Crippen molar-refractivity contribution >= 4 is 23.1 Å². The molecule has 0 bridgehead atoms. The molecule has 1 aromatic heterocycles. The number of amides is 1. The number of hydrogen-bond donors (Lipinski definition) is 2. The number of nitrogens with zero attached hydrogens (tertiary/aromatic N) is 1. The summed E-state index contributed by atoms with van der Waals surface area (Å²) in [5.41, 5.74) is 3.67. The lowest BCUT2D eigenvalue weighted by Gasteiger charge is -2.10. The van der Waals surface area contributed by atoms with Gasteiger partial charge in [-0.2, -0.15) is 0 Å². The Kier molecular flexibility index (Phi) is 5.71. The molecule has 5 heteroatoms. The zero-order valence-electron chi connectivity index (χ0n) is 15.7. The molecule has 0 aliphatic carbocycles. The van der Waals surface area contributed by atoms with E-state index < -0.39 is 0 Å². The number of carbonyl (C=O) groups is 1. The van der Waals surface area contributed by atoms with E-state index in [1.165, 1.54) is 5.56 Å². The summed E-state index contributed by atoms with van der Waals surface area (Å²) in [6.45, 7) is 4.34. The van der Waals surface area contributed by atoms with Crippen molar-refractivity contribution < 1.29 is 9.53 Å². The molecular formula is C22H23N3O2. The van der Waals surface area contributed by atoms with Crippen molar-refractivity contribution in [2.45, 2.75) is 19.8 Å². The van der Waals surface area contributed by atoms with E-state index in [1.54, 1.807) is 43.6 Å². The van der Waals surface area contributed by atoms with E-state index in [4.69, 9.17) is 4.74 Å². The normalized spacial score (nSPS) is 10.5. The Morgan fingerprint density at radius 1 is 1.00 bits per heavy atom. The third-order valence-corrected chi connectivity index (χ3v) is 4.20. The summed E-state index contributed by atoms with van der Waals surface area (Å²) >= 11 is 0. The molecule has 3 rings (SSSR count). The number of benzene rings is 2. The highest BCUT2D eigenvalue weighted by Gasteiger charge is 2.08. The summed E-state index contributed by atoms with van der Waals surface area (Å²) in [5, 5.41) is 6.09. The maximum atomic E-state index is 12.3. The average Bonchev–Trinajstić information content (AvgIpc) is 2.70. The van der Waals surface area contributed by atoms with E-state index in [-0.39, 0.29) is 5.91 Å². The Morgan fingerprint density at radius 2 is 1.74 bits per heavy atom. The minimum Gasteiger partial charge on any atom is -0.497 e. The maximum Gasteiger partial charge on any atom is 0.256 e. The topological polar surface area (TPSA) is 63.2 Å². The number of pyridine rings is 1. The Hall–Kier alpha value is -3.34. The van der Waals surface area contributed by atoms with E-state index in [0.717, 1.165) is 11.4 Å². The van der Waals surface area contributed by atoms with Crippen LogP contribution in [0, 0.1) is 0 Å². The molecule has 0 fully saturated rings. The van der Waals surface area contributed by atoms with Gasteiger partial charge in [-0.1, -0.05) is 32.0 Å². The molecule has 3 aromatic rings. The van der Waals surface area contributed by atoms with Gasteiger partial charge in [0.2, 0.25) is 0 Å². The number of nitrogens with one attached hydrogen (secondary N) is 2. The highest BCUT2D eigenvalue weighted by Crippen LogP contribution is 2.21. The Labute approximate surface area is 159 Å². The standard InChI is InChI=1S/C22H23N3O2/c1-15(2)16-7-9-18(10-8-16)24-19-11-12-21(23-14-19)25-22(26)17-5-4-6-20(13-17)27-3/h4-15,24H,1-3H3,(H,23,25,26). The minimum absolute atomic E-state index is 0.230. The second kappa shape index (κ2) is 8.36. The molecule has 2 N–H and O–H groups in total. The molecule has 1 heterocycles. The van der Waals surface area contributed by atoms with Gasteiger partial charge >= 0.3 is 0 Å². The van der Waals surface area contributed by atoms with Gasteiger partial charge in [-0.3, -0.25) is 4.79 Å². The largest absolute Gasteiger partial charge is 0.497 e. The lowest BCUT2D eigenvalue weighted by molar-refractivity contribution is 0.102. The molecule has 0 saturated carbocycles. The van der Waals surface area contributed by atoms with Gasteiger partial charge in [0.25, 0.3) is 5.91 Å². The van der Waals surface area contributed by atoms with E-state index in [0.29, 0.717) is 23.0 Å². The van der Waals surface area contributed by atoms with Gasteiger partial charge in [-0.05, 0) is 53.9 Å². The molecule has 2 aromatic carbocycles. The first-order chi connectivity index (χ1) is 13.0. The molecule has 0 unspecified atom stereocenters. The number of carbonyl (C=O) groups excluding carboxylic acids is 1. The first kappa shape index (κ1) is 18.5. The number of aromatic nitrogens is 1. The Bertz CT molecular complexity index is 904. The van der Waals surface area contributed by atoms with E-state index in [2.05, 4.69) is 41.6 Å². The molecule has 138 valence electrons. The number of rotatable bonds is 6. The van der Waals surface area contributed by atoms with Crippen molar-refractivity contribution in [1.29, 1.82) is 0 Å². The average molecular weight is 361 g/mol. The zero-order chi connectivity index (χ0) is 19.2. The third-order valence-electron chi connectivity index (χ3n) is 4.20. The molecule has 0 aliphatic rings. The summed E-state index contributed by atoms with van der Waals surface area (Å²) in [5.74, 6) is 1.40. The number of methoxy groups -OCH3 is 1. The first-order valence-corrected chi connectivity index (χ1v) is 8.83. The van der Waals surface area contributed by atoms with Gasteiger partial charge < -0.3 is 15.4 Å². The summed E-state index contributed by atoms with van der Waals surface area (Å²) in [6, 6.07) is 19.0. The van der Waals surface area contributed by atoms with Crippen molar-refractivity contribution in [3.8, 4) is 5.75 Å². The van der Waals surface area contributed by atoms with Crippen LogP contribution in [0.5, 0.6) is 5.75 Å². The highest BCUT2D eigenvalue weighted by molar-refractivity contribution is 6.04. The zero-order valence-corrected chi connectivity index (χ0v) is 15.7. The van der Waals surface area contributed by atoms with Crippen molar-refractivity contribution in [3.05, 3.63) is 78.0 Å². The second-order valence-electron chi connectivity index (χ2n) is 6.52. The summed E-state index contributed by atoms with van der Waals surface area (Å²) in [7, 11) is 1.57.